The van der Waals surface area contributed by atoms with Gasteiger partial charge in [0.25, 0.3) is 0 Å². The molecule has 1 saturated carbocycles. The van der Waals surface area contributed by atoms with Crippen LogP contribution in [-0.4, -0.2) is 18.1 Å². The van der Waals surface area contributed by atoms with Crippen LogP contribution in [0.25, 0.3) is 0 Å². The number of fused-ring (bicyclic) bond motifs is 1. The van der Waals surface area contributed by atoms with E-state index in [9.17, 15) is 0 Å². The average molecular weight is 272 g/mol. The molecule has 92 valence electrons. The summed E-state index contributed by atoms with van der Waals surface area (Å²) in [5.74, 6) is 2.78. The molecule has 2 fully saturated rings. The molecule has 0 bridgehead atoms. The van der Waals surface area contributed by atoms with Gasteiger partial charge in [-0.3, -0.25) is 0 Å². The Labute approximate surface area is 111 Å². The van der Waals surface area contributed by atoms with E-state index >= 15 is 0 Å². The molecule has 2 unspecified atom stereocenters. The lowest BCUT2D eigenvalue weighted by atomic mass is 10.0. The number of anilines is 2. The number of hydrogen-bond acceptors (Lipinski definition) is 3. The van der Waals surface area contributed by atoms with Gasteiger partial charge in [0, 0.05) is 13.1 Å². The first-order valence-electron chi connectivity index (χ1n) is 6.01. The van der Waals surface area contributed by atoms with Crippen LogP contribution in [0.3, 0.4) is 0 Å². The van der Waals surface area contributed by atoms with Crippen LogP contribution in [-0.2, 0) is 0 Å². The van der Waals surface area contributed by atoms with Crippen molar-refractivity contribution in [3.8, 4) is 0 Å². The number of halogens is 2. The van der Waals surface area contributed by atoms with Crippen molar-refractivity contribution in [2.75, 3.05) is 23.7 Å². The zero-order valence-corrected chi connectivity index (χ0v) is 11.0. The summed E-state index contributed by atoms with van der Waals surface area (Å²) in [5.41, 5.74) is 5.74. The monoisotopic (exact) mass is 271 g/mol. The third kappa shape index (κ3) is 1.95. The molecule has 2 atom stereocenters. The van der Waals surface area contributed by atoms with Crippen molar-refractivity contribution in [3.05, 3.63) is 16.1 Å². The molecule has 3 nitrogen and oxygen atoms in total. The van der Waals surface area contributed by atoms with Crippen LogP contribution in [0.2, 0.25) is 10.0 Å². The van der Waals surface area contributed by atoms with E-state index in [4.69, 9.17) is 28.9 Å². The topological polar surface area (TPSA) is 42.1 Å². The number of nitrogens with zero attached hydrogens (tertiary/aromatic N) is 2. The third-order valence-electron chi connectivity index (χ3n) is 3.96. The van der Waals surface area contributed by atoms with Crippen LogP contribution in [0.5, 0.6) is 0 Å². The zero-order chi connectivity index (χ0) is 12.0. The maximum atomic E-state index is 6.19. The molecule has 2 N–H and O–H groups in total. The highest BCUT2D eigenvalue weighted by atomic mass is 35.5. The van der Waals surface area contributed by atoms with Crippen LogP contribution in [0.4, 0.5) is 11.6 Å². The number of aromatic nitrogens is 1. The standard InChI is InChI=1S/C12H15Cl2N3/c13-9-4-10(14)12(16-11(9)15)17-5-7-2-1-3-8(7)6-17/h4,7-8H,1-3,5-6H2,(H2,15,16). The second-order valence-corrected chi connectivity index (χ2v) is 5.83. The van der Waals surface area contributed by atoms with E-state index in [-0.39, 0.29) is 0 Å². The molecular formula is C12H15Cl2N3. The first-order chi connectivity index (χ1) is 8.15. The number of nitrogen functional groups attached to an aromatic ring is 1. The predicted octanol–water partition coefficient (Wildman–Crippen LogP) is 3.21. The van der Waals surface area contributed by atoms with Crippen molar-refractivity contribution in [3.63, 3.8) is 0 Å². The fourth-order valence-corrected chi connectivity index (χ4v) is 3.58. The maximum absolute atomic E-state index is 6.19. The Bertz CT molecular complexity index is 438. The van der Waals surface area contributed by atoms with Crippen molar-refractivity contribution in [2.24, 2.45) is 11.8 Å². The van der Waals surface area contributed by atoms with Crippen molar-refractivity contribution in [1.29, 1.82) is 0 Å². The number of hydrogen-bond donors (Lipinski definition) is 1. The highest BCUT2D eigenvalue weighted by Crippen LogP contribution is 2.41. The average Bonchev–Trinajstić information content (AvgIpc) is 2.83. The van der Waals surface area contributed by atoms with E-state index < -0.39 is 0 Å². The Kier molecular flexibility index (Phi) is 2.83. The van der Waals surface area contributed by atoms with Gasteiger partial charge in [0.15, 0.2) is 0 Å². The summed E-state index contributed by atoms with van der Waals surface area (Å²) in [5, 5.41) is 1.03. The number of pyridine rings is 1. The normalized spacial score (nSPS) is 27.5. The van der Waals surface area contributed by atoms with Crippen molar-refractivity contribution < 1.29 is 0 Å². The largest absolute Gasteiger partial charge is 0.382 e. The van der Waals surface area contributed by atoms with Crippen LogP contribution in [0.1, 0.15) is 19.3 Å². The summed E-state index contributed by atoms with van der Waals surface area (Å²) in [6, 6.07) is 1.69. The van der Waals surface area contributed by atoms with Gasteiger partial charge >= 0.3 is 0 Å². The number of nitrogens with two attached hydrogens (primary N) is 1. The van der Waals surface area contributed by atoms with Gasteiger partial charge in [0.1, 0.15) is 11.6 Å². The lowest BCUT2D eigenvalue weighted by Crippen LogP contribution is -2.22. The molecule has 1 aromatic rings. The Morgan fingerprint density at radius 1 is 1.18 bits per heavy atom. The van der Waals surface area contributed by atoms with Crippen molar-refractivity contribution in [2.45, 2.75) is 19.3 Å². The molecule has 1 aliphatic carbocycles. The molecule has 1 aliphatic heterocycles. The lowest BCUT2D eigenvalue weighted by Gasteiger charge is -2.20. The van der Waals surface area contributed by atoms with Gasteiger partial charge in [-0.15, -0.1) is 0 Å². The number of rotatable bonds is 1. The second kappa shape index (κ2) is 4.21. The van der Waals surface area contributed by atoms with E-state index in [0.29, 0.717) is 15.9 Å². The fourth-order valence-electron chi connectivity index (χ4n) is 3.10. The van der Waals surface area contributed by atoms with Gasteiger partial charge in [-0.25, -0.2) is 4.98 Å². The highest BCUT2D eigenvalue weighted by molar-refractivity contribution is 6.37. The van der Waals surface area contributed by atoms with Gasteiger partial charge in [0.2, 0.25) is 0 Å². The van der Waals surface area contributed by atoms with Crippen LogP contribution in [0.15, 0.2) is 6.07 Å². The Balaban J connectivity index is 1.88. The predicted molar refractivity (Wildman–Crippen MR) is 71.7 cm³/mol. The highest BCUT2D eigenvalue weighted by Gasteiger charge is 2.37. The molecule has 0 radical (unpaired) electrons. The third-order valence-corrected chi connectivity index (χ3v) is 4.54. The lowest BCUT2D eigenvalue weighted by molar-refractivity contribution is 0.494. The summed E-state index contributed by atoms with van der Waals surface area (Å²) in [7, 11) is 0. The molecule has 17 heavy (non-hydrogen) atoms. The summed E-state index contributed by atoms with van der Waals surface area (Å²) >= 11 is 12.1. The molecule has 3 rings (SSSR count). The summed E-state index contributed by atoms with van der Waals surface area (Å²) in [6.45, 7) is 2.11. The van der Waals surface area contributed by atoms with E-state index in [2.05, 4.69) is 9.88 Å². The molecule has 1 saturated heterocycles. The Hall–Kier alpha value is -0.670. The minimum atomic E-state index is 0.364. The molecule has 0 aromatic carbocycles. The van der Waals surface area contributed by atoms with Crippen molar-refractivity contribution in [1.82, 2.24) is 4.98 Å². The van der Waals surface area contributed by atoms with Gasteiger partial charge < -0.3 is 10.6 Å². The van der Waals surface area contributed by atoms with E-state index in [1.807, 2.05) is 0 Å². The van der Waals surface area contributed by atoms with Crippen LogP contribution >= 0.6 is 23.2 Å². The molecule has 0 amide bonds. The molecule has 5 heteroatoms. The van der Waals surface area contributed by atoms with E-state index in [1.54, 1.807) is 6.07 Å². The van der Waals surface area contributed by atoms with Gasteiger partial charge in [-0.1, -0.05) is 29.6 Å². The molecule has 0 spiro atoms. The fraction of sp³-hybridized carbons (Fsp3) is 0.583. The molecule has 2 aliphatic rings. The summed E-state index contributed by atoms with van der Waals surface area (Å²) < 4.78 is 0. The molecular weight excluding hydrogens is 257 g/mol. The second-order valence-electron chi connectivity index (χ2n) is 5.02. The Morgan fingerprint density at radius 2 is 1.82 bits per heavy atom. The maximum Gasteiger partial charge on any atom is 0.149 e. The van der Waals surface area contributed by atoms with Crippen LogP contribution < -0.4 is 10.6 Å². The van der Waals surface area contributed by atoms with E-state index in [0.717, 1.165) is 30.7 Å². The summed E-state index contributed by atoms with van der Waals surface area (Å²) in [6.07, 6.45) is 4.04. The zero-order valence-electron chi connectivity index (χ0n) is 9.50. The Morgan fingerprint density at radius 3 is 2.47 bits per heavy atom. The quantitative estimate of drug-likeness (QED) is 0.853. The van der Waals surface area contributed by atoms with Gasteiger partial charge in [-0.2, -0.15) is 0 Å². The minimum Gasteiger partial charge on any atom is -0.382 e. The van der Waals surface area contributed by atoms with Gasteiger partial charge in [0.05, 0.1) is 10.0 Å². The minimum absolute atomic E-state index is 0.364. The van der Waals surface area contributed by atoms with Crippen LogP contribution in [0, 0.1) is 11.8 Å². The first-order valence-corrected chi connectivity index (χ1v) is 6.77. The van der Waals surface area contributed by atoms with Crippen molar-refractivity contribution >= 4 is 34.8 Å². The van der Waals surface area contributed by atoms with Gasteiger partial charge in [-0.05, 0) is 30.7 Å². The smallest absolute Gasteiger partial charge is 0.149 e. The molecule has 1 aromatic heterocycles. The van der Waals surface area contributed by atoms with E-state index in [1.165, 1.54) is 19.3 Å². The summed E-state index contributed by atoms with van der Waals surface area (Å²) in [4.78, 5) is 6.57. The molecule has 2 heterocycles. The first kappa shape index (κ1) is 11.4. The SMILES string of the molecule is Nc1nc(N2CC3CCCC3C2)c(Cl)cc1Cl.